The highest BCUT2D eigenvalue weighted by molar-refractivity contribution is 7.10. The Morgan fingerprint density at radius 2 is 1.67 bits per heavy atom. The topological polar surface area (TPSA) is 64.4 Å². The predicted molar refractivity (Wildman–Crippen MR) is 136 cm³/mol. The molecular formula is C26H20Cl2N2O2S. The number of hydrogen-bond acceptors (Lipinski definition) is 4. The van der Waals surface area contributed by atoms with Gasteiger partial charge in [-0.2, -0.15) is 0 Å². The number of aliphatic hydroxyl groups excluding tert-OH is 1. The van der Waals surface area contributed by atoms with E-state index in [1.165, 1.54) is 11.3 Å². The van der Waals surface area contributed by atoms with Crippen molar-refractivity contribution in [1.29, 1.82) is 5.41 Å². The van der Waals surface area contributed by atoms with E-state index in [1.807, 2.05) is 29.6 Å². The summed E-state index contributed by atoms with van der Waals surface area (Å²) in [4.78, 5) is 16.0. The molecule has 0 bridgehead atoms. The molecule has 5 rings (SSSR count). The Labute approximate surface area is 205 Å². The van der Waals surface area contributed by atoms with E-state index in [2.05, 4.69) is 0 Å². The standard InChI is InChI=1S/C26H20Cl2N2O2S/c27-16-8-6-15(7-9-16)25(32)24-23(21-5-2-14-33-21)22-19(3-1-4-20(22)31)30(26(24)29)18-12-10-17(28)11-13-18/h2,5-14,23,29,32H,1,3-4H2/b25-24+,29-26?. The van der Waals surface area contributed by atoms with Gasteiger partial charge in [-0.1, -0.05) is 29.3 Å². The smallest absolute Gasteiger partial charge is 0.161 e. The van der Waals surface area contributed by atoms with Crippen molar-refractivity contribution in [2.45, 2.75) is 25.2 Å². The second kappa shape index (κ2) is 8.82. The number of aliphatic hydroxyl groups is 1. The van der Waals surface area contributed by atoms with Crippen molar-refractivity contribution in [2.24, 2.45) is 0 Å². The van der Waals surface area contributed by atoms with E-state index in [-0.39, 0.29) is 17.4 Å². The van der Waals surface area contributed by atoms with Gasteiger partial charge in [0.15, 0.2) is 5.78 Å². The van der Waals surface area contributed by atoms with Crippen molar-refractivity contribution in [3.05, 3.63) is 103 Å². The highest BCUT2D eigenvalue weighted by Gasteiger charge is 2.43. The van der Waals surface area contributed by atoms with E-state index in [4.69, 9.17) is 23.2 Å². The number of carbonyl (C=O) groups excluding carboxylic acids is 1. The summed E-state index contributed by atoms with van der Waals surface area (Å²) in [5.74, 6) is -0.322. The number of benzene rings is 2. The van der Waals surface area contributed by atoms with Gasteiger partial charge in [-0.25, -0.2) is 0 Å². The van der Waals surface area contributed by atoms with Crippen LogP contribution < -0.4 is 4.90 Å². The predicted octanol–water partition coefficient (Wildman–Crippen LogP) is 7.61. The monoisotopic (exact) mass is 494 g/mol. The van der Waals surface area contributed by atoms with E-state index in [9.17, 15) is 15.3 Å². The normalized spacial score (nSPS) is 20.2. The number of thiophene rings is 1. The largest absolute Gasteiger partial charge is 0.507 e. The molecule has 0 saturated heterocycles. The first-order chi connectivity index (χ1) is 16.0. The van der Waals surface area contributed by atoms with Gasteiger partial charge in [-0.05, 0) is 72.8 Å². The van der Waals surface area contributed by atoms with E-state index >= 15 is 0 Å². The third-order valence-electron chi connectivity index (χ3n) is 6.04. The van der Waals surface area contributed by atoms with Crippen molar-refractivity contribution in [2.75, 3.05) is 4.90 Å². The minimum absolute atomic E-state index is 0.0287. The SMILES string of the molecule is N=C1/C(=C(/O)c2ccc(Cl)cc2)C(c2cccs2)C2=C(CCCC2=O)N1c1ccc(Cl)cc1. The van der Waals surface area contributed by atoms with Crippen LogP contribution in [0.5, 0.6) is 0 Å². The summed E-state index contributed by atoms with van der Waals surface area (Å²) in [6, 6.07) is 18.0. The molecule has 0 radical (unpaired) electrons. The van der Waals surface area contributed by atoms with Crippen molar-refractivity contribution in [3.63, 3.8) is 0 Å². The number of carbonyl (C=O) groups is 1. The first-order valence-electron chi connectivity index (χ1n) is 10.6. The van der Waals surface area contributed by atoms with Gasteiger partial charge in [-0.15, -0.1) is 11.3 Å². The minimum Gasteiger partial charge on any atom is -0.507 e. The Morgan fingerprint density at radius 1 is 1.00 bits per heavy atom. The van der Waals surface area contributed by atoms with Crippen molar-refractivity contribution >= 4 is 57.6 Å². The van der Waals surface area contributed by atoms with Crippen LogP contribution >= 0.6 is 34.5 Å². The Kier molecular flexibility index (Phi) is 5.87. The molecule has 1 aliphatic carbocycles. The molecule has 2 N–H and O–H groups in total. The van der Waals surface area contributed by atoms with Crippen LogP contribution in [0.1, 0.15) is 35.6 Å². The van der Waals surface area contributed by atoms with Gasteiger partial charge < -0.3 is 5.11 Å². The minimum atomic E-state index is -0.500. The zero-order valence-electron chi connectivity index (χ0n) is 17.5. The van der Waals surface area contributed by atoms with E-state index in [1.54, 1.807) is 41.3 Å². The van der Waals surface area contributed by atoms with Crippen LogP contribution in [-0.4, -0.2) is 16.7 Å². The summed E-state index contributed by atoms with van der Waals surface area (Å²) >= 11 is 13.7. The first kappa shape index (κ1) is 22.0. The number of nitrogens with zero attached hydrogens (tertiary/aromatic N) is 1. The molecule has 0 saturated carbocycles. The summed E-state index contributed by atoms with van der Waals surface area (Å²) in [7, 11) is 0. The molecule has 1 unspecified atom stereocenters. The molecule has 0 fully saturated rings. The first-order valence-corrected chi connectivity index (χ1v) is 12.2. The number of anilines is 1. The Morgan fingerprint density at radius 3 is 2.30 bits per heavy atom. The molecule has 0 amide bonds. The summed E-state index contributed by atoms with van der Waals surface area (Å²) in [6.45, 7) is 0. The fourth-order valence-corrected chi connectivity index (χ4v) is 5.67. The van der Waals surface area contributed by atoms with Gasteiger partial charge in [0.25, 0.3) is 0 Å². The second-order valence-electron chi connectivity index (χ2n) is 8.02. The summed E-state index contributed by atoms with van der Waals surface area (Å²) in [6.07, 6.45) is 1.87. The maximum Gasteiger partial charge on any atom is 0.161 e. The van der Waals surface area contributed by atoms with Crippen LogP contribution in [0.25, 0.3) is 5.76 Å². The summed E-state index contributed by atoms with van der Waals surface area (Å²) in [5, 5.41) is 23.8. The lowest BCUT2D eigenvalue weighted by Gasteiger charge is -2.41. The van der Waals surface area contributed by atoms with E-state index in [0.29, 0.717) is 39.6 Å². The number of hydrogen-bond donors (Lipinski definition) is 2. The number of halogens is 2. The lowest BCUT2D eigenvalue weighted by molar-refractivity contribution is -0.116. The molecule has 2 aromatic carbocycles. The van der Waals surface area contributed by atoms with Crippen LogP contribution in [0.4, 0.5) is 5.69 Å². The van der Waals surface area contributed by atoms with Crippen LogP contribution in [-0.2, 0) is 4.79 Å². The van der Waals surface area contributed by atoms with Crippen molar-refractivity contribution in [3.8, 4) is 0 Å². The maximum atomic E-state index is 13.3. The average Bonchev–Trinajstić information content (AvgIpc) is 3.34. The van der Waals surface area contributed by atoms with Gasteiger partial charge in [0.05, 0.1) is 11.5 Å². The number of rotatable bonds is 3. The second-order valence-corrected chi connectivity index (χ2v) is 9.87. The Hall–Kier alpha value is -2.86. The van der Waals surface area contributed by atoms with Crippen LogP contribution in [0.15, 0.2) is 82.9 Å². The van der Waals surface area contributed by atoms with Gasteiger partial charge in [0.1, 0.15) is 11.6 Å². The lowest BCUT2D eigenvalue weighted by atomic mass is 9.76. The molecule has 4 nitrogen and oxygen atoms in total. The van der Waals surface area contributed by atoms with Crippen LogP contribution in [0.2, 0.25) is 10.0 Å². The van der Waals surface area contributed by atoms with Gasteiger partial charge in [0.2, 0.25) is 0 Å². The third-order valence-corrected chi connectivity index (χ3v) is 7.48. The zero-order chi connectivity index (χ0) is 23.1. The maximum absolute atomic E-state index is 13.3. The molecule has 1 aromatic heterocycles. The summed E-state index contributed by atoms with van der Waals surface area (Å²) < 4.78 is 0. The summed E-state index contributed by atoms with van der Waals surface area (Å²) in [5.41, 5.74) is 3.17. The molecule has 0 spiro atoms. The molecule has 7 heteroatoms. The Bertz CT molecular complexity index is 1290. The van der Waals surface area contributed by atoms with Gasteiger partial charge >= 0.3 is 0 Å². The van der Waals surface area contributed by atoms with Gasteiger partial charge in [0, 0.05) is 43.9 Å². The molecule has 1 atom stereocenters. The number of nitrogens with one attached hydrogen (secondary N) is 1. The van der Waals surface area contributed by atoms with E-state index in [0.717, 1.165) is 22.7 Å². The number of ketones is 1. The molecule has 2 heterocycles. The zero-order valence-corrected chi connectivity index (χ0v) is 19.8. The fourth-order valence-electron chi connectivity index (χ4n) is 4.57. The highest BCUT2D eigenvalue weighted by Crippen LogP contribution is 2.48. The molecule has 3 aromatic rings. The lowest BCUT2D eigenvalue weighted by Crippen LogP contribution is -2.42. The number of allylic oxidation sites excluding steroid dienone is 2. The molecule has 166 valence electrons. The van der Waals surface area contributed by atoms with E-state index < -0.39 is 5.92 Å². The fraction of sp³-hybridized carbons (Fsp3) is 0.154. The Balaban J connectivity index is 1.80. The molecule has 2 aliphatic rings. The van der Waals surface area contributed by atoms with Crippen molar-refractivity contribution in [1.82, 2.24) is 0 Å². The average molecular weight is 495 g/mol. The third kappa shape index (κ3) is 3.90. The van der Waals surface area contributed by atoms with Crippen LogP contribution in [0, 0.1) is 5.41 Å². The highest BCUT2D eigenvalue weighted by atomic mass is 35.5. The van der Waals surface area contributed by atoms with Crippen molar-refractivity contribution < 1.29 is 9.90 Å². The molecular weight excluding hydrogens is 475 g/mol. The molecule has 1 aliphatic heterocycles. The van der Waals surface area contributed by atoms with Gasteiger partial charge in [-0.3, -0.25) is 15.1 Å². The number of amidine groups is 1. The molecule has 33 heavy (non-hydrogen) atoms. The van der Waals surface area contributed by atoms with Crippen LogP contribution in [0.3, 0.4) is 0 Å². The quantitative estimate of drug-likeness (QED) is 0.368. The number of Topliss-reactive ketones (excluding diaryl/α,β-unsaturated/α-hetero) is 1.